The van der Waals surface area contributed by atoms with E-state index < -0.39 is 11.4 Å². The van der Waals surface area contributed by atoms with Crippen molar-refractivity contribution in [3.8, 4) is 0 Å². The lowest BCUT2D eigenvalue weighted by atomic mass is 9.87. The number of nitrogens with one attached hydrogen (secondary N) is 1. The van der Waals surface area contributed by atoms with Crippen LogP contribution in [0.25, 0.3) is 0 Å². The van der Waals surface area contributed by atoms with Crippen molar-refractivity contribution in [2.75, 3.05) is 0 Å². The summed E-state index contributed by atoms with van der Waals surface area (Å²) < 4.78 is 0. The quantitative estimate of drug-likeness (QED) is 0.656. The maximum Gasteiger partial charge on any atom is 0.243 e. The molecule has 1 heterocycles. The van der Waals surface area contributed by atoms with Gasteiger partial charge in [-0.3, -0.25) is 9.59 Å². The monoisotopic (exact) mass is 184 g/mol. The van der Waals surface area contributed by atoms with Crippen molar-refractivity contribution < 1.29 is 9.59 Å². The molecule has 13 heavy (non-hydrogen) atoms. The first-order valence-electron chi connectivity index (χ1n) is 4.57. The molecular weight excluding hydrogens is 168 g/mol. The van der Waals surface area contributed by atoms with Gasteiger partial charge in [-0.1, -0.05) is 13.8 Å². The molecule has 1 aliphatic rings. The first kappa shape index (κ1) is 10.0. The number of hydrogen-bond donors (Lipinski definition) is 2. The normalized spacial score (nSPS) is 27.8. The minimum atomic E-state index is -0.773. The molecule has 1 saturated heterocycles. The fraction of sp³-hybridized carbons (Fsp3) is 0.778. The molecule has 1 unspecified atom stereocenters. The predicted octanol–water partition coefficient (Wildman–Crippen LogP) is 0.167. The summed E-state index contributed by atoms with van der Waals surface area (Å²) in [5, 5.41) is 2.68. The second-order valence-electron chi connectivity index (χ2n) is 4.09. The topological polar surface area (TPSA) is 72.2 Å². The Morgan fingerprint density at radius 3 is 2.62 bits per heavy atom. The van der Waals surface area contributed by atoms with E-state index in [1.807, 2.05) is 13.8 Å². The summed E-state index contributed by atoms with van der Waals surface area (Å²) in [6.45, 7) is 4.02. The van der Waals surface area contributed by atoms with E-state index in [0.29, 0.717) is 25.2 Å². The van der Waals surface area contributed by atoms with Crippen LogP contribution >= 0.6 is 0 Å². The van der Waals surface area contributed by atoms with Gasteiger partial charge in [0, 0.05) is 6.42 Å². The third kappa shape index (κ3) is 1.99. The van der Waals surface area contributed by atoms with Gasteiger partial charge in [-0.2, -0.15) is 0 Å². The molecule has 0 bridgehead atoms. The van der Waals surface area contributed by atoms with Gasteiger partial charge in [-0.05, 0) is 18.8 Å². The zero-order valence-electron chi connectivity index (χ0n) is 8.09. The van der Waals surface area contributed by atoms with Gasteiger partial charge in [0.15, 0.2) is 0 Å². The maximum absolute atomic E-state index is 11.2. The largest absolute Gasteiger partial charge is 0.368 e. The Morgan fingerprint density at radius 1 is 1.69 bits per heavy atom. The number of hydrogen-bond acceptors (Lipinski definition) is 2. The lowest BCUT2D eigenvalue weighted by molar-refractivity contribution is -0.128. The molecule has 1 rings (SSSR count). The first-order chi connectivity index (χ1) is 5.96. The first-order valence-corrected chi connectivity index (χ1v) is 4.57. The summed E-state index contributed by atoms with van der Waals surface area (Å²) in [6, 6.07) is 0. The zero-order chi connectivity index (χ0) is 10.1. The molecule has 0 radical (unpaired) electrons. The number of carbonyl (C=O) groups excluding carboxylic acids is 2. The van der Waals surface area contributed by atoms with Crippen LogP contribution in [0.2, 0.25) is 0 Å². The van der Waals surface area contributed by atoms with Crippen LogP contribution in [0.4, 0.5) is 0 Å². The van der Waals surface area contributed by atoms with Crippen molar-refractivity contribution >= 4 is 11.8 Å². The van der Waals surface area contributed by atoms with E-state index in [1.54, 1.807) is 0 Å². The summed E-state index contributed by atoms with van der Waals surface area (Å²) >= 11 is 0. The maximum atomic E-state index is 11.2. The number of rotatable bonds is 3. The van der Waals surface area contributed by atoms with Gasteiger partial charge in [0.25, 0.3) is 0 Å². The van der Waals surface area contributed by atoms with Crippen molar-refractivity contribution in [3.63, 3.8) is 0 Å². The highest BCUT2D eigenvalue weighted by atomic mass is 16.2. The highest BCUT2D eigenvalue weighted by Crippen LogP contribution is 2.26. The Morgan fingerprint density at radius 2 is 2.31 bits per heavy atom. The van der Waals surface area contributed by atoms with Crippen LogP contribution in [0, 0.1) is 5.92 Å². The van der Waals surface area contributed by atoms with Crippen LogP contribution < -0.4 is 11.1 Å². The van der Waals surface area contributed by atoms with Gasteiger partial charge in [0.05, 0.1) is 0 Å². The van der Waals surface area contributed by atoms with Crippen LogP contribution in [0.15, 0.2) is 0 Å². The van der Waals surface area contributed by atoms with E-state index in [4.69, 9.17) is 5.73 Å². The second-order valence-corrected chi connectivity index (χ2v) is 4.09. The Bertz CT molecular complexity index is 238. The van der Waals surface area contributed by atoms with Crippen LogP contribution in [0.5, 0.6) is 0 Å². The molecule has 0 saturated carbocycles. The Labute approximate surface area is 77.9 Å². The molecule has 1 aliphatic heterocycles. The molecular formula is C9H16N2O2. The molecule has 0 spiro atoms. The van der Waals surface area contributed by atoms with E-state index in [9.17, 15) is 9.59 Å². The molecule has 0 aromatic carbocycles. The smallest absolute Gasteiger partial charge is 0.243 e. The van der Waals surface area contributed by atoms with E-state index in [2.05, 4.69) is 5.32 Å². The molecule has 4 heteroatoms. The summed E-state index contributed by atoms with van der Waals surface area (Å²) in [7, 11) is 0. The van der Waals surface area contributed by atoms with Crippen molar-refractivity contribution in [1.82, 2.24) is 5.32 Å². The van der Waals surface area contributed by atoms with Crippen LogP contribution in [0.3, 0.4) is 0 Å². The predicted molar refractivity (Wildman–Crippen MR) is 48.8 cm³/mol. The molecule has 2 amide bonds. The van der Waals surface area contributed by atoms with Gasteiger partial charge < -0.3 is 11.1 Å². The Kier molecular flexibility index (Phi) is 2.59. The third-order valence-electron chi connectivity index (χ3n) is 2.39. The molecule has 0 aromatic rings. The van der Waals surface area contributed by atoms with Crippen molar-refractivity contribution in [3.05, 3.63) is 0 Å². The molecule has 1 fully saturated rings. The SMILES string of the molecule is CC(C)CC1(C(N)=O)CCC(=O)N1. The lowest BCUT2D eigenvalue weighted by Crippen LogP contribution is -2.53. The summed E-state index contributed by atoms with van der Waals surface area (Å²) in [6.07, 6.45) is 1.59. The number of nitrogens with two attached hydrogens (primary N) is 1. The van der Waals surface area contributed by atoms with E-state index in [-0.39, 0.29) is 5.91 Å². The van der Waals surface area contributed by atoms with Crippen molar-refractivity contribution in [2.24, 2.45) is 11.7 Å². The fourth-order valence-electron chi connectivity index (χ4n) is 1.85. The van der Waals surface area contributed by atoms with Crippen LogP contribution in [0.1, 0.15) is 33.1 Å². The van der Waals surface area contributed by atoms with E-state index in [1.165, 1.54) is 0 Å². The number of primary amides is 1. The summed E-state index contributed by atoms with van der Waals surface area (Å²) in [5.41, 5.74) is 4.52. The lowest BCUT2D eigenvalue weighted by Gasteiger charge is -2.27. The highest BCUT2D eigenvalue weighted by molar-refractivity contribution is 5.93. The van der Waals surface area contributed by atoms with Gasteiger partial charge in [0.1, 0.15) is 5.54 Å². The molecule has 4 nitrogen and oxygen atoms in total. The minimum absolute atomic E-state index is 0.0700. The van der Waals surface area contributed by atoms with Gasteiger partial charge in [0.2, 0.25) is 11.8 Å². The molecule has 3 N–H and O–H groups in total. The summed E-state index contributed by atoms with van der Waals surface area (Å²) in [4.78, 5) is 22.2. The summed E-state index contributed by atoms with van der Waals surface area (Å²) in [5.74, 6) is -0.127. The number of amides is 2. The molecule has 0 aliphatic carbocycles. The minimum Gasteiger partial charge on any atom is -0.368 e. The van der Waals surface area contributed by atoms with Crippen molar-refractivity contribution in [2.45, 2.75) is 38.6 Å². The number of carbonyl (C=O) groups is 2. The van der Waals surface area contributed by atoms with E-state index >= 15 is 0 Å². The van der Waals surface area contributed by atoms with Crippen molar-refractivity contribution in [1.29, 1.82) is 0 Å². The highest BCUT2D eigenvalue weighted by Gasteiger charge is 2.43. The Balaban J connectivity index is 2.77. The molecule has 1 atom stereocenters. The van der Waals surface area contributed by atoms with Gasteiger partial charge in [-0.15, -0.1) is 0 Å². The third-order valence-corrected chi connectivity index (χ3v) is 2.39. The van der Waals surface area contributed by atoms with Gasteiger partial charge in [-0.25, -0.2) is 0 Å². The van der Waals surface area contributed by atoms with Crippen LogP contribution in [-0.2, 0) is 9.59 Å². The van der Waals surface area contributed by atoms with Crippen LogP contribution in [-0.4, -0.2) is 17.4 Å². The Hall–Kier alpha value is -1.06. The van der Waals surface area contributed by atoms with E-state index in [0.717, 1.165) is 0 Å². The average molecular weight is 184 g/mol. The second kappa shape index (κ2) is 3.36. The fourth-order valence-corrected chi connectivity index (χ4v) is 1.85. The zero-order valence-corrected chi connectivity index (χ0v) is 8.09. The molecule has 0 aromatic heterocycles. The van der Waals surface area contributed by atoms with Gasteiger partial charge >= 0.3 is 0 Å². The molecule has 74 valence electrons. The standard InChI is InChI=1S/C9H16N2O2/c1-6(2)5-9(8(10)13)4-3-7(12)11-9/h6H,3-5H2,1-2H3,(H2,10,13)(H,11,12). The average Bonchev–Trinajstić information content (AvgIpc) is 2.31.